The van der Waals surface area contributed by atoms with Crippen molar-refractivity contribution in [2.45, 2.75) is 38.1 Å². The number of amides is 2. The Kier molecular flexibility index (Phi) is 6.49. The van der Waals surface area contributed by atoms with Gasteiger partial charge in [-0.3, -0.25) is 9.59 Å². The van der Waals surface area contributed by atoms with Crippen molar-refractivity contribution in [1.29, 1.82) is 0 Å². The average molecular weight is 264 g/mol. The summed E-state index contributed by atoms with van der Waals surface area (Å²) in [6.07, 6.45) is 3.79. The molecule has 0 aromatic heterocycles. The van der Waals surface area contributed by atoms with E-state index >= 15 is 0 Å². The van der Waals surface area contributed by atoms with Crippen molar-refractivity contribution in [1.82, 2.24) is 10.6 Å². The van der Waals surface area contributed by atoms with Crippen molar-refractivity contribution in [3.05, 3.63) is 0 Å². The number of halogens is 1. The van der Waals surface area contributed by atoms with Gasteiger partial charge in [0.05, 0.1) is 12.5 Å². The molecule has 0 aromatic rings. The molecule has 1 saturated carbocycles. The lowest BCUT2D eigenvalue weighted by molar-refractivity contribution is -0.130. The Hall–Kier alpha value is -0.810. The Bertz CT molecular complexity index is 282. The zero-order valence-corrected chi connectivity index (χ0v) is 11.2. The van der Waals surface area contributed by atoms with Crippen LogP contribution < -0.4 is 16.4 Å². The molecule has 100 valence electrons. The van der Waals surface area contributed by atoms with Crippen LogP contribution in [0.5, 0.6) is 0 Å². The third-order valence-electron chi connectivity index (χ3n) is 3.27. The van der Waals surface area contributed by atoms with Gasteiger partial charge in [-0.2, -0.15) is 0 Å². The summed E-state index contributed by atoms with van der Waals surface area (Å²) < 4.78 is 0. The molecule has 6 heteroatoms. The molecule has 0 aromatic carbocycles. The van der Waals surface area contributed by atoms with Crippen molar-refractivity contribution < 1.29 is 9.59 Å². The summed E-state index contributed by atoms with van der Waals surface area (Å²) in [6, 6.07) is 0. The highest BCUT2D eigenvalue weighted by Gasteiger charge is 2.37. The Balaban J connectivity index is 0.00000256. The molecule has 5 nitrogen and oxygen atoms in total. The summed E-state index contributed by atoms with van der Waals surface area (Å²) in [7, 11) is 1.54. The van der Waals surface area contributed by atoms with Gasteiger partial charge < -0.3 is 16.4 Å². The van der Waals surface area contributed by atoms with Crippen molar-refractivity contribution in [2.75, 3.05) is 13.6 Å². The quantitative estimate of drug-likeness (QED) is 0.679. The first-order valence-corrected chi connectivity index (χ1v) is 5.74. The molecule has 2 unspecified atom stereocenters. The van der Waals surface area contributed by atoms with Crippen LogP contribution in [0.4, 0.5) is 0 Å². The van der Waals surface area contributed by atoms with Gasteiger partial charge in [0.15, 0.2) is 0 Å². The molecular weight excluding hydrogens is 242 g/mol. The number of rotatable bonds is 3. The molecule has 1 aliphatic carbocycles. The van der Waals surface area contributed by atoms with Crippen molar-refractivity contribution in [3.63, 3.8) is 0 Å². The van der Waals surface area contributed by atoms with E-state index in [-0.39, 0.29) is 36.7 Å². The number of carbonyl (C=O) groups is 2. The Morgan fingerprint density at radius 2 is 2.06 bits per heavy atom. The van der Waals surface area contributed by atoms with Crippen LogP contribution in [0.3, 0.4) is 0 Å². The van der Waals surface area contributed by atoms with E-state index in [9.17, 15) is 9.59 Å². The standard InChI is InChI=1S/C11H21N3O2.ClH/c1-11(12)6-4-3-5-8(11)10(16)14-7-9(15)13-2;/h8H,3-7,12H2,1-2H3,(H,13,15)(H,14,16);1H. The number of likely N-dealkylation sites (N-methyl/N-ethyl adjacent to an activating group) is 1. The lowest BCUT2D eigenvalue weighted by Gasteiger charge is -2.37. The smallest absolute Gasteiger partial charge is 0.239 e. The van der Waals surface area contributed by atoms with Gasteiger partial charge in [-0.1, -0.05) is 12.8 Å². The Morgan fingerprint density at radius 1 is 1.41 bits per heavy atom. The van der Waals surface area contributed by atoms with Crippen LogP contribution in [0.15, 0.2) is 0 Å². The molecule has 4 N–H and O–H groups in total. The first kappa shape index (κ1) is 16.2. The van der Waals surface area contributed by atoms with Crippen molar-refractivity contribution >= 4 is 24.2 Å². The normalized spacial score (nSPS) is 27.8. The number of hydrogen-bond acceptors (Lipinski definition) is 3. The third-order valence-corrected chi connectivity index (χ3v) is 3.27. The summed E-state index contributed by atoms with van der Waals surface area (Å²) in [5.74, 6) is -0.470. The molecule has 1 aliphatic rings. The molecular formula is C11H22ClN3O2. The van der Waals surface area contributed by atoms with Crippen molar-refractivity contribution in [2.24, 2.45) is 11.7 Å². The highest BCUT2D eigenvalue weighted by Crippen LogP contribution is 2.31. The maximum absolute atomic E-state index is 11.9. The van der Waals surface area contributed by atoms with E-state index in [1.165, 1.54) is 0 Å². The van der Waals surface area contributed by atoms with Gasteiger partial charge in [0, 0.05) is 12.6 Å². The number of nitrogens with one attached hydrogen (secondary N) is 2. The lowest BCUT2D eigenvalue weighted by atomic mass is 9.74. The van der Waals surface area contributed by atoms with Crippen LogP contribution >= 0.6 is 12.4 Å². The first-order valence-electron chi connectivity index (χ1n) is 5.74. The maximum atomic E-state index is 11.9. The molecule has 0 spiro atoms. The van der Waals surface area contributed by atoms with E-state index in [4.69, 9.17) is 5.73 Å². The summed E-state index contributed by atoms with van der Waals surface area (Å²) >= 11 is 0. The second-order valence-corrected chi connectivity index (χ2v) is 4.70. The van der Waals surface area contributed by atoms with Crippen molar-refractivity contribution in [3.8, 4) is 0 Å². The predicted octanol–water partition coefficient (Wildman–Crippen LogP) is 0.178. The van der Waals surface area contributed by atoms with E-state index < -0.39 is 5.54 Å². The van der Waals surface area contributed by atoms with E-state index in [0.29, 0.717) is 0 Å². The molecule has 2 atom stereocenters. The fraction of sp³-hybridized carbons (Fsp3) is 0.818. The van der Waals surface area contributed by atoms with Crippen LogP contribution in [0.2, 0.25) is 0 Å². The minimum absolute atomic E-state index is 0. The van der Waals surface area contributed by atoms with Crippen LogP contribution in [0.1, 0.15) is 32.6 Å². The summed E-state index contributed by atoms with van der Waals surface area (Å²) in [4.78, 5) is 22.9. The summed E-state index contributed by atoms with van der Waals surface area (Å²) in [6.45, 7) is 1.94. The second kappa shape index (κ2) is 6.81. The molecule has 17 heavy (non-hydrogen) atoms. The van der Waals surface area contributed by atoms with Crippen LogP contribution in [-0.4, -0.2) is 30.9 Å². The van der Waals surface area contributed by atoms with Crippen LogP contribution in [0.25, 0.3) is 0 Å². The monoisotopic (exact) mass is 263 g/mol. The molecule has 0 aliphatic heterocycles. The first-order chi connectivity index (χ1) is 7.47. The fourth-order valence-electron chi connectivity index (χ4n) is 2.17. The molecule has 1 fully saturated rings. The maximum Gasteiger partial charge on any atom is 0.239 e. The Morgan fingerprint density at radius 3 is 2.59 bits per heavy atom. The molecule has 1 rings (SSSR count). The minimum atomic E-state index is -0.439. The van der Waals surface area contributed by atoms with E-state index in [1.807, 2.05) is 6.92 Å². The SMILES string of the molecule is CNC(=O)CNC(=O)C1CCCCC1(C)N.Cl. The lowest BCUT2D eigenvalue weighted by Crippen LogP contribution is -2.53. The zero-order chi connectivity index (χ0) is 12.2. The second-order valence-electron chi connectivity index (χ2n) is 4.70. The van der Waals surface area contributed by atoms with Crippen LogP contribution in [-0.2, 0) is 9.59 Å². The minimum Gasteiger partial charge on any atom is -0.358 e. The Labute approximate surface area is 108 Å². The largest absolute Gasteiger partial charge is 0.358 e. The molecule has 0 heterocycles. The highest BCUT2D eigenvalue weighted by molar-refractivity contribution is 5.86. The topological polar surface area (TPSA) is 84.2 Å². The van der Waals surface area contributed by atoms with E-state index in [2.05, 4.69) is 10.6 Å². The molecule has 0 radical (unpaired) electrons. The molecule has 0 bridgehead atoms. The average Bonchev–Trinajstić information content (AvgIpc) is 2.24. The highest BCUT2D eigenvalue weighted by atomic mass is 35.5. The van der Waals surface area contributed by atoms with Gasteiger partial charge in [0.1, 0.15) is 0 Å². The van der Waals surface area contributed by atoms with Gasteiger partial charge in [-0.05, 0) is 19.8 Å². The number of hydrogen-bond donors (Lipinski definition) is 3. The molecule has 2 amide bonds. The van der Waals surface area contributed by atoms with Crippen LogP contribution in [0, 0.1) is 5.92 Å². The van der Waals surface area contributed by atoms with Gasteiger partial charge in [-0.25, -0.2) is 0 Å². The van der Waals surface area contributed by atoms with Gasteiger partial charge >= 0.3 is 0 Å². The summed E-state index contributed by atoms with van der Waals surface area (Å²) in [5.41, 5.74) is 5.66. The molecule has 0 saturated heterocycles. The van der Waals surface area contributed by atoms with E-state index in [1.54, 1.807) is 7.05 Å². The number of carbonyl (C=O) groups excluding carboxylic acids is 2. The van der Waals surface area contributed by atoms with Gasteiger partial charge in [-0.15, -0.1) is 12.4 Å². The zero-order valence-electron chi connectivity index (χ0n) is 10.4. The van der Waals surface area contributed by atoms with Gasteiger partial charge in [0.2, 0.25) is 11.8 Å². The van der Waals surface area contributed by atoms with E-state index in [0.717, 1.165) is 25.7 Å². The third kappa shape index (κ3) is 4.52. The van der Waals surface area contributed by atoms with Gasteiger partial charge in [0.25, 0.3) is 0 Å². The fourth-order valence-corrected chi connectivity index (χ4v) is 2.17. The number of nitrogens with two attached hydrogens (primary N) is 1. The summed E-state index contributed by atoms with van der Waals surface area (Å²) in [5, 5.41) is 5.09. The predicted molar refractivity (Wildman–Crippen MR) is 68.9 cm³/mol.